The van der Waals surface area contributed by atoms with Gasteiger partial charge in [0.1, 0.15) is 11.3 Å². The lowest BCUT2D eigenvalue weighted by molar-refractivity contribution is 0.0903. The third kappa shape index (κ3) is 4.95. The van der Waals surface area contributed by atoms with E-state index in [2.05, 4.69) is 16.4 Å². The second-order valence-electron chi connectivity index (χ2n) is 7.90. The van der Waals surface area contributed by atoms with Gasteiger partial charge in [0.25, 0.3) is 5.91 Å². The number of nitrogens with one attached hydrogen (secondary N) is 2. The highest BCUT2D eigenvalue weighted by Gasteiger charge is 2.20. The van der Waals surface area contributed by atoms with Gasteiger partial charge in [-0.25, -0.2) is 4.79 Å². The van der Waals surface area contributed by atoms with Gasteiger partial charge in [0.2, 0.25) is 0 Å². The van der Waals surface area contributed by atoms with Gasteiger partial charge in [-0.1, -0.05) is 32.0 Å². The quantitative estimate of drug-likeness (QED) is 0.544. The molecule has 0 aliphatic carbocycles. The number of carbonyl (C=O) groups excluding carboxylic acids is 1. The van der Waals surface area contributed by atoms with E-state index < -0.39 is 11.5 Å². The van der Waals surface area contributed by atoms with Crippen LogP contribution in [0.3, 0.4) is 0 Å². The van der Waals surface area contributed by atoms with Crippen LogP contribution in [0.4, 0.5) is 0 Å². The summed E-state index contributed by atoms with van der Waals surface area (Å²) in [5, 5.41) is 13.4. The molecule has 3 aromatic rings. The van der Waals surface area contributed by atoms with Crippen molar-refractivity contribution >= 4 is 16.8 Å². The van der Waals surface area contributed by atoms with E-state index in [9.17, 15) is 14.7 Å². The number of aromatic nitrogens is 1. The number of aryl methyl sites for hydroxylation is 3. The van der Waals surface area contributed by atoms with Crippen LogP contribution in [-0.4, -0.2) is 28.6 Å². The monoisotopic (exact) mass is 396 g/mol. The molecule has 6 heteroatoms. The van der Waals surface area contributed by atoms with Crippen LogP contribution in [0.1, 0.15) is 47.5 Å². The number of carbonyl (C=O) groups is 1. The summed E-state index contributed by atoms with van der Waals surface area (Å²) in [5.74, 6) is 0.367. The van der Waals surface area contributed by atoms with Crippen LogP contribution in [0.2, 0.25) is 0 Å². The van der Waals surface area contributed by atoms with Crippen molar-refractivity contribution in [2.75, 3.05) is 6.61 Å². The van der Waals surface area contributed by atoms with Crippen LogP contribution in [0, 0.1) is 12.8 Å². The topological polar surface area (TPSA) is 95.3 Å². The highest BCUT2D eigenvalue weighted by Crippen LogP contribution is 2.20. The lowest BCUT2D eigenvalue weighted by atomic mass is 10.0. The number of aliphatic hydroxyl groups is 1. The third-order valence-corrected chi connectivity index (χ3v) is 5.05. The van der Waals surface area contributed by atoms with Crippen molar-refractivity contribution in [1.29, 1.82) is 0 Å². The number of aromatic amines is 1. The first-order valence-corrected chi connectivity index (χ1v) is 9.99. The van der Waals surface area contributed by atoms with Crippen molar-refractivity contribution in [1.82, 2.24) is 10.3 Å². The van der Waals surface area contributed by atoms with Crippen LogP contribution in [0.15, 0.2) is 45.7 Å². The lowest BCUT2D eigenvalue weighted by Gasteiger charge is -2.18. The van der Waals surface area contributed by atoms with Gasteiger partial charge in [0, 0.05) is 23.5 Å². The maximum atomic E-state index is 12.6. The van der Waals surface area contributed by atoms with E-state index in [-0.39, 0.29) is 18.2 Å². The molecular weight excluding hydrogens is 368 g/mol. The first-order chi connectivity index (χ1) is 13.9. The predicted molar refractivity (Wildman–Crippen MR) is 113 cm³/mol. The van der Waals surface area contributed by atoms with E-state index in [1.54, 1.807) is 13.0 Å². The summed E-state index contributed by atoms with van der Waals surface area (Å²) >= 11 is 0. The molecule has 0 saturated carbocycles. The highest BCUT2D eigenvalue weighted by atomic mass is 16.4. The minimum absolute atomic E-state index is 0.00282. The average molecular weight is 396 g/mol. The third-order valence-electron chi connectivity index (χ3n) is 5.05. The van der Waals surface area contributed by atoms with Gasteiger partial charge in [-0.2, -0.15) is 0 Å². The standard InChI is InChI=1S/C23H28N2O4/c1-14(2)10-17(13-26)25-22(27)21-15(3)11-18(29-23(21)28)9-8-16-12-24-20-7-5-4-6-19(16)20/h4-7,11-12,14,17,24,26H,8-10,13H2,1-3H3,(H,25,27)/t17-/m0/s1. The van der Waals surface area contributed by atoms with Crippen molar-refractivity contribution in [2.24, 2.45) is 5.92 Å². The molecule has 0 unspecified atom stereocenters. The molecule has 1 atom stereocenters. The van der Waals surface area contributed by atoms with Crippen molar-refractivity contribution in [3.05, 3.63) is 69.4 Å². The fourth-order valence-corrected chi connectivity index (χ4v) is 3.67. The van der Waals surface area contributed by atoms with Gasteiger partial charge >= 0.3 is 5.63 Å². The smallest absolute Gasteiger partial charge is 0.349 e. The number of H-pyrrole nitrogens is 1. The Morgan fingerprint density at radius 2 is 2.00 bits per heavy atom. The summed E-state index contributed by atoms with van der Waals surface area (Å²) in [4.78, 5) is 28.3. The van der Waals surface area contributed by atoms with Gasteiger partial charge in [-0.05, 0) is 48.9 Å². The van der Waals surface area contributed by atoms with E-state index in [1.165, 1.54) is 0 Å². The molecule has 6 nitrogen and oxygen atoms in total. The number of benzene rings is 1. The van der Waals surface area contributed by atoms with Crippen molar-refractivity contribution in [2.45, 2.75) is 46.1 Å². The predicted octanol–water partition coefficient (Wildman–Crippen LogP) is 3.35. The lowest BCUT2D eigenvalue weighted by Crippen LogP contribution is -2.40. The number of aliphatic hydroxyl groups excluding tert-OH is 1. The first-order valence-electron chi connectivity index (χ1n) is 9.99. The second-order valence-corrected chi connectivity index (χ2v) is 7.90. The molecule has 0 aliphatic heterocycles. The van der Waals surface area contributed by atoms with Crippen LogP contribution in [0.25, 0.3) is 10.9 Å². The van der Waals surface area contributed by atoms with Gasteiger partial charge in [-0.3, -0.25) is 4.79 Å². The van der Waals surface area contributed by atoms with Gasteiger partial charge < -0.3 is 19.8 Å². The maximum absolute atomic E-state index is 12.6. The average Bonchev–Trinajstić information content (AvgIpc) is 3.08. The Bertz CT molecular complexity index is 1050. The Labute approximate surface area is 170 Å². The van der Waals surface area contributed by atoms with E-state index in [4.69, 9.17) is 4.42 Å². The molecule has 0 radical (unpaired) electrons. The summed E-state index contributed by atoms with van der Waals surface area (Å²) in [6.45, 7) is 5.59. The summed E-state index contributed by atoms with van der Waals surface area (Å²) in [5.41, 5.74) is 2.17. The van der Waals surface area contributed by atoms with Crippen molar-refractivity contribution in [3.8, 4) is 0 Å². The first kappa shape index (κ1) is 20.9. The molecule has 0 bridgehead atoms. The Morgan fingerprint density at radius 1 is 1.24 bits per heavy atom. The minimum atomic E-state index is -0.641. The fourth-order valence-electron chi connectivity index (χ4n) is 3.67. The molecule has 3 rings (SSSR count). The molecule has 0 saturated heterocycles. The number of rotatable bonds is 8. The SMILES string of the molecule is Cc1cc(CCc2c[nH]c3ccccc23)oc(=O)c1C(=O)N[C@H](CO)CC(C)C. The van der Waals surface area contributed by atoms with Crippen molar-refractivity contribution < 1.29 is 14.3 Å². The molecule has 154 valence electrons. The molecule has 1 amide bonds. The number of fused-ring (bicyclic) bond motifs is 1. The molecule has 3 N–H and O–H groups in total. The number of para-hydroxylation sites is 1. The van der Waals surface area contributed by atoms with Gasteiger partial charge in [0.05, 0.1) is 12.6 Å². The Morgan fingerprint density at radius 3 is 2.69 bits per heavy atom. The summed E-state index contributed by atoms with van der Waals surface area (Å²) in [6.07, 6.45) is 3.89. The largest absolute Gasteiger partial charge is 0.427 e. The molecular formula is C23H28N2O4. The number of amides is 1. The molecule has 2 aromatic heterocycles. The molecule has 1 aromatic carbocycles. The molecule has 0 spiro atoms. The minimum Gasteiger partial charge on any atom is -0.427 e. The zero-order valence-electron chi connectivity index (χ0n) is 17.1. The van der Waals surface area contributed by atoms with Crippen LogP contribution in [0.5, 0.6) is 0 Å². The molecule has 2 heterocycles. The summed E-state index contributed by atoms with van der Waals surface area (Å²) in [6, 6.07) is 9.43. The van der Waals surface area contributed by atoms with E-state index in [1.807, 2.05) is 38.2 Å². The molecule has 0 aliphatic rings. The van der Waals surface area contributed by atoms with Gasteiger partial charge in [-0.15, -0.1) is 0 Å². The Balaban J connectivity index is 1.73. The fraction of sp³-hybridized carbons (Fsp3) is 0.391. The normalized spacial score (nSPS) is 12.4. The van der Waals surface area contributed by atoms with Gasteiger partial charge in [0.15, 0.2) is 0 Å². The van der Waals surface area contributed by atoms with Crippen LogP contribution < -0.4 is 10.9 Å². The number of hydrogen-bond donors (Lipinski definition) is 3. The molecule has 0 fully saturated rings. The van der Waals surface area contributed by atoms with E-state index in [0.29, 0.717) is 30.1 Å². The molecule has 29 heavy (non-hydrogen) atoms. The van der Waals surface area contributed by atoms with Crippen LogP contribution in [-0.2, 0) is 12.8 Å². The second kappa shape index (κ2) is 9.09. The zero-order chi connectivity index (χ0) is 21.0. The Kier molecular flexibility index (Phi) is 6.54. The van der Waals surface area contributed by atoms with Crippen molar-refractivity contribution in [3.63, 3.8) is 0 Å². The summed E-state index contributed by atoms with van der Waals surface area (Å²) in [7, 11) is 0. The summed E-state index contributed by atoms with van der Waals surface area (Å²) < 4.78 is 5.43. The van der Waals surface area contributed by atoms with E-state index >= 15 is 0 Å². The highest BCUT2D eigenvalue weighted by molar-refractivity contribution is 5.95. The number of hydrogen-bond acceptors (Lipinski definition) is 4. The maximum Gasteiger partial charge on any atom is 0.349 e. The van der Waals surface area contributed by atoms with Crippen LogP contribution >= 0.6 is 0 Å². The Hall–Kier alpha value is -2.86. The zero-order valence-corrected chi connectivity index (χ0v) is 17.1. The van der Waals surface area contributed by atoms with E-state index in [0.717, 1.165) is 22.9 Å².